The fourth-order valence-corrected chi connectivity index (χ4v) is 5.50. The lowest BCUT2D eigenvalue weighted by Gasteiger charge is -2.23. The Kier molecular flexibility index (Phi) is 4.05. The Morgan fingerprint density at radius 1 is 1.31 bits per heavy atom. The van der Waals surface area contributed by atoms with Crippen LogP contribution in [0.2, 0.25) is 0 Å². The Morgan fingerprint density at radius 3 is 2.81 bits per heavy atom. The summed E-state index contributed by atoms with van der Waals surface area (Å²) in [5.41, 5.74) is 1.21. The summed E-state index contributed by atoms with van der Waals surface area (Å²) in [5, 5.41) is 5.42. The van der Waals surface area contributed by atoms with Crippen molar-refractivity contribution in [1.82, 2.24) is 14.4 Å². The van der Waals surface area contributed by atoms with Gasteiger partial charge in [-0.1, -0.05) is 25.9 Å². The van der Waals surface area contributed by atoms with Crippen LogP contribution in [-0.4, -0.2) is 29.4 Å². The van der Waals surface area contributed by atoms with Gasteiger partial charge in [0.2, 0.25) is 0 Å². The number of fused-ring (bicyclic) bond motifs is 1. The molecule has 4 rings (SSSR count). The van der Waals surface area contributed by atoms with Crippen LogP contribution < -0.4 is 0 Å². The normalized spacial score (nSPS) is 16.0. The maximum absolute atomic E-state index is 13.0. The van der Waals surface area contributed by atoms with Crippen LogP contribution in [0.1, 0.15) is 38.1 Å². The van der Waals surface area contributed by atoms with Gasteiger partial charge in [-0.05, 0) is 6.07 Å². The zero-order valence-corrected chi connectivity index (χ0v) is 16.4. The van der Waals surface area contributed by atoms with Crippen LogP contribution in [0.25, 0.3) is 11.3 Å². The Labute approximate surface area is 155 Å². The van der Waals surface area contributed by atoms with Crippen LogP contribution >= 0.6 is 11.3 Å². The molecule has 0 spiro atoms. The van der Waals surface area contributed by atoms with E-state index in [1.807, 2.05) is 20.8 Å². The zero-order valence-electron chi connectivity index (χ0n) is 14.7. The minimum absolute atomic E-state index is 0.208. The average Bonchev–Trinajstić information content (AvgIpc) is 3.31. The van der Waals surface area contributed by atoms with Crippen LogP contribution in [0.15, 0.2) is 36.9 Å². The molecule has 0 N–H and O–H groups in total. The highest BCUT2D eigenvalue weighted by Crippen LogP contribution is 2.33. The summed E-state index contributed by atoms with van der Waals surface area (Å²) < 4.78 is 38.7. The van der Waals surface area contributed by atoms with E-state index in [0.717, 1.165) is 5.76 Å². The number of hydrogen-bond acceptors (Lipinski definition) is 7. The summed E-state index contributed by atoms with van der Waals surface area (Å²) in [7, 11) is -3.59. The largest absolute Gasteiger partial charge is 0.445 e. The number of nitrogens with zero attached hydrogens (tertiary/aromatic N) is 3. The molecule has 0 radical (unpaired) electrons. The van der Waals surface area contributed by atoms with Crippen molar-refractivity contribution in [2.45, 2.75) is 43.4 Å². The van der Waals surface area contributed by atoms with Gasteiger partial charge in [0.25, 0.3) is 10.0 Å². The van der Waals surface area contributed by atoms with Crippen LogP contribution in [-0.2, 0) is 28.4 Å². The van der Waals surface area contributed by atoms with Crippen molar-refractivity contribution in [3.8, 4) is 11.3 Å². The van der Waals surface area contributed by atoms with E-state index in [1.165, 1.54) is 21.8 Å². The lowest BCUT2D eigenvalue weighted by molar-refractivity contribution is 0.339. The molecule has 0 aliphatic carbocycles. The molecule has 0 fully saturated rings. The van der Waals surface area contributed by atoms with Crippen molar-refractivity contribution in [2.24, 2.45) is 0 Å². The standard InChI is InChI=1S/C17H19N3O4S2/c1-17(2,3)16-19-12-9-20(7-5-14(12)23-16)26(21,22)15-8-11(10-25-15)13-4-6-18-24-13/h4,6,8,10H,5,7,9H2,1-3H3. The third kappa shape index (κ3) is 3.00. The third-order valence-corrected chi connectivity index (χ3v) is 7.49. The molecule has 1 aliphatic rings. The van der Waals surface area contributed by atoms with Gasteiger partial charge >= 0.3 is 0 Å². The molecule has 26 heavy (non-hydrogen) atoms. The van der Waals surface area contributed by atoms with E-state index < -0.39 is 10.0 Å². The number of rotatable bonds is 3. The van der Waals surface area contributed by atoms with E-state index in [0.29, 0.717) is 35.9 Å². The summed E-state index contributed by atoms with van der Waals surface area (Å²) >= 11 is 1.18. The molecule has 3 aromatic heterocycles. The van der Waals surface area contributed by atoms with E-state index in [9.17, 15) is 8.42 Å². The van der Waals surface area contributed by atoms with E-state index in [-0.39, 0.29) is 16.2 Å². The zero-order chi connectivity index (χ0) is 18.5. The van der Waals surface area contributed by atoms with Gasteiger partial charge in [0.15, 0.2) is 11.7 Å². The highest BCUT2D eigenvalue weighted by Gasteiger charge is 2.34. The van der Waals surface area contributed by atoms with E-state index in [1.54, 1.807) is 17.5 Å². The first-order valence-electron chi connectivity index (χ1n) is 8.24. The minimum atomic E-state index is -3.59. The topological polar surface area (TPSA) is 89.4 Å². The molecule has 0 atom stereocenters. The van der Waals surface area contributed by atoms with Crippen molar-refractivity contribution >= 4 is 21.4 Å². The van der Waals surface area contributed by atoms with Gasteiger partial charge in [-0.25, -0.2) is 13.4 Å². The number of sulfonamides is 1. The predicted molar refractivity (Wildman–Crippen MR) is 96.3 cm³/mol. The van der Waals surface area contributed by atoms with Crippen molar-refractivity contribution in [3.63, 3.8) is 0 Å². The Balaban J connectivity index is 1.61. The minimum Gasteiger partial charge on any atom is -0.445 e. The molecular weight excluding hydrogens is 374 g/mol. The van der Waals surface area contributed by atoms with Gasteiger partial charge < -0.3 is 8.94 Å². The lowest BCUT2D eigenvalue weighted by atomic mass is 9.97. The average molecular weight is 393 g/mol. The van der Waals surface area contributed by atoms with Gasteiger partial charge in [-0.2, -0.15) is 4.31 Å². The van der Waals surface area contributed by atoms with Crippen molar-refractivity contribution in [1.29, 1.82) is 0 Å². The second-order valence-electron chi connectivity index (χ2n) is 7.26. The Bertz CT molecular complexity index is 1030. The van der Waals surface area contributed by atoms with Gasteiger partial charge in [-0.3, -0.25) is 0 Å². The van der Waals surface area contributed by atoms with Gasteiger partial charge in [0.05, 0.1) is 18.4 Å². The first-order valence-corrected chi connectivity index (χ1v) is 10.6. The molecule has 138 valence electrons. The monoisotopic (exact) mass is 393 g/mol. The second kappa shape index (κ2) is 6.04. The Morgan fingerprint density at radius 2 is 2.12 bits per heavy atom. The third-order valence-electron chi connectivity index (χ3n) is 4.23. The molecule has 1 aliphatic heterocycles. The summed E-state index contributed by atoms with van der Waals surface area (Å²) in [6.45, 7) is 6.68. The van der Waals surface area contributed by atoms with Gasteiger partial charge in [-0.15, -0.1) is 11.3 Å². The molecule has 0 unspecified atom stereocenters. The number of hydrogen-bond donors (Lipinski definition) is 0. The molecule has 0 saturated heterocycles. The molecular formula is C17H19N3O4S2. The molecule has 3 aromatic rings. The summed E-state index contributed by atoms with van der Waals surface area (Å²) in [6, 6.07) is 3.33. The van der Waals surface area contributed by atoms with Crippen LogP contribution in [0.4, 0.5) is 0 Å². The quantitative estimate of drug-likeness (QED) is 0.677. The van der Waals surface area contributed by atoms with E-state index in [2.05, 4.69) is 10.1 Å². The van der Waals surface area contributed by atoms with Crippen LogP contribution in [0, 0.1) is 0 Å². The molecule has 0 aromatic carbocycles. The maximum Gasteiger partial charge on any atom is 0.252 e. The number of oxazole rings is 1. The second-order valence-corrected chi connectivity index (χ2v) is 10.3. The number of thiophene rings is 1. The molecule has 0 amide bonds. The fraction of sp³-hybridized carbons (Fsp3) is 0.412. The first-order chi connectivity index (χ1) is 12.2. The first kappa shape index (κ1) is 17.4. The van der Waals surface area contributed by atoms with E-state index >= 15 is 0 Å². The van der Waals surface area contributed by atoms with Crippen molar-refractivity contribution in [3.05, 3.63) is 41.1 Å². The smallest absolute Gasteiger partial charge is 0.252 e. The molecule has 4 heterocycles. The summed E-state index contributed by atoms with van der Waals surface area (Å²) in [6.07, 6.45) is 2.06. The van der Waals surface area contributed by atoms with Crippen molar-refractivity contribution in [2.75, 3.05) is 6.54 Å². The molecule has 9 heteroatoms. The van der Waals surface area contributed by atoms with Crippen molar-refractivity contribution < 1.29 is 17.4 Å². The lowest BCUT2D eigenvalue weighted by Crippen LogP contribution is -2.35. The van der Waals surface area contributed by atoms with Crippen LogP contribution in [0.5, 0.6) is 0 Å². The number of aromatic nitrogens is 2. The predicted octanol–water partition coefficient (Wildman–Crippen LogP) is 3.44. The van der Waals surface area contributed by atoms with E-state index in [4.69, 9.17) is 8.94 Å². The van der Waals surface area contributed by atoms with Gasteiger partial charge in [0.1, 0.15) is 9.97 Å². The SMILES string of the molecule is CC(C)(C)c1nc2c(o1)CCN(S(=O)(=O)c1cc(-c3ccno3)cs1)C2. The fourth-order valence-electron chi connectivity index (χ4n) is 2.77. The summed E-state index contributed by atoms with van der Waals surface area (Å²) in [4.78, 5) is 4.53. The van der Waals surface area contributed by atoms with Gasteiger partial charge in [0, 0.05) is 35.4 Å². The molecule has 0 bridgehead atoms. The highest BCUT2D eigenvalue weighted by atomic mass is 32.2. The highest BCUT2D eigenvalue weighted by molar-refractivity contribution is 7.91. The van der Waals surface area contributed by atoms with Crippen LogP contribution in [0.3, 0.4) is 0 Å². The molecule has 7 nitrogen and oxygen atoms in total. The molecule has 0 saturated carbocycles. The summed E-state index contributed by atoms with van der Waals surface area (Å²) in [5.74, 6) is 1.98. The Hall–Kier alpha value is -1.97. The maximum atomic E-state index is 13.0.